The number of benzene rings is 1. The maximum Gasteiger partial charge on any atom is 0.410 e. The second-order valence-electron chi connectivity index (χ2n) is 9.22. The van der Waals surface area contributed by atoms with Crippen LogP contribution in [0.15, 0.2) is 29.3 Å². The minimum absolute atomic E-state index is 0.268. The first-order valence-corrected chi connectivity index (χ1v) is 10.6. The van der Waals surface area contributed by atoms with Crippen LogP contribution in [0, 0.1) is 19.7 Å². The van der Waals surface area contributed by atoms with E-state index in [1.54, 1.807) is 48.0 Å². The zero-order valence-electron chi connectivity index (χ0n) is 19.2. The van der Waals surface area contributed by atoms with E-state index in [4.69, 9.17) is 9.84 Å². The van der Waals surface area contributed by atoms with Crippen molar-refractivity contribution in [2.24, 2.45) is 0 Å². The van der Waals surface area contributed by atoms with Crippen molar-refractivity contribution in [2.45, 2.75) is 59.6 Å². The van der Waals surface area contributed by atoms with E-state index < -0.39 is 11.7 Å². The zero-order chi connectivity index (χ0) is 23.4. The average Bonchev–Trinajstić information content (AvgIpc) is 3.27. The maximum atomic E-state index is 14.3. The number of hydrogen-bond donors (Lipinski definition) is 1. The molecule has 1 aromatic carbocycles. The summed E-state index contributed by atoms with van der Waals surface area (Å²) in [5.41, 5.74) is 2.24. The van der Waals surface area contributed by atoms with Crippen LogP contribution < -0.4 is 5.69 Å². The Morgan fingerprint density at radius 3 is 2.47 bits per heavy atom. The van der Waals surface area contributed by atoms with E-state index in [-0.39, 0.29) is 17.5 Å². The Balaban J connectivity index is 1.90. The SMILES string of the molecule is Cc1cc(-n2nc3c(c2-n2cc[nH]c2=O)[C@@H](C)N(C(=O)OC(C)(C)C)CC3)cc(C)c1F. The van der Waals surface area contributed by atoms with Crippen molar-refractivity contribution in [3.8, 4) is 11.5 Å². The van der Waals surface area contributed by atoms with Gasteiger partial charge < -0.3 is 14.6 Å². The Morgan fingerprint density at radius 1 is 1.25 bits per heavy atom. The molecule has 1 N–H and O–H groups in total. The highest BCUT2D eigenvalue weighted by atomic mass is 19.1. The molecule has 2 aromatic heterocycles. The van der Waals surface area contributed by atoms with Crippen molar-refractivity contribution in [3.05, 3.63) is 63.2 Å². The molecule has 3 aromatic rings. The summed E-state index contributed by atoms with van der Waals surface area (Å²) in [6.07, 6.45) is 3.27. The summed E-state index contributed by atoms with van der Waals surface area (Å²) < 4.78 is 23.0. The predicted octanol–water partition coefficient (Wildman–Crippen LogP) is 3.96. The van der Waals surface area contributed by atoms with Gasteiger partial charge in [-0.3, -0.25) is 4.57 Å². The highest BCUT2D eigenvalue weighted by Crippen LogP contribution is 2.36. The second-order valence-corrected chi connectivity index (χ2v) is 9.22. The molecule has 1 aliphatic heterocycles. The van der Waals surface area contributed by atoms with E-state index >= 15 is 0 Å². The Morgan fingerprint density at radius 2 is 1.91 bits per heavy atom. The molecule has 0 bridgehead atoms. The van der Waals surface area contributed by atoms with Crippen LogP contribution in [0.4, 0.5) is 9.18 Å². The van der Waals surface area contributed by atoms with Crippen LogP contribution in [0.1, 0.15) is 56.1 Å². The number of aromatic amines is 1. The first kappa shape index (κ1) is 21.9. The summed E-state index contributed by atoms with van der Waals surface area (Å²) in [4.78, 5) is 29.8. The standard InChI is InChI=1S/C23H28FN5O3/c1-13-11-16(12-14(2)19(13)24)29-20(28-10-8-25-21(28)30)18-15(3)27(9-7-17(18)26-29)22(31)32-23(4,5)6/h8,10-12,15H,7,9H2,1-6H3,(H,25,30)/t15-/m1/s1. The Bertz CT molecular complexity index is 1220. The minimum Gasteiger partial charge on any atom is -0.444 e. The van der Waals surface area contributed by atoms with Gasteiger partial charge >= 0.3 is 11.8 Å². The number of amides is 1. The summed E-state index contributed by atoms with van der Waals surface area (Å²) in [5.74, 6) is 0.257. The molecule has 4 rings (SSSR count). The molecule has 170 valence electrons. The highest BCUT2D eigenvalue weighted by Gasteiger charge is 2.36. The topological polar surface area (TPSA) is 85.2 Å². The van der Waals surface area contributed by atoms with Gasteiger partial charge in [0.15, 0.2) is 0 Å². The van der Waals surface area contributed by atoms with Crippen molar-refractivity contribution >= 4 is 6.09 Å². The molecule has 0 unspecified atom stereocenters. The van der Waals surface area contributed by atoms with Crippen LogP contribution in [0.5, 0.6) is 0 Å². The molecule has 1 atom stereocenters. The number of rotatable bonds is 2. The molecule has 0 saturated carbocycles. The van der Waals surface area contributed by atoms with Crippen molar-refractivity contribution < 1.29 is 13.9 Å². The van der Waals surface area contributed by atoms with Crippen molar-refractivity contribution in [1.82, 2.24) is 24.2 Å². The van der Waals surface area contributed by atoms with E-state index in [1.165, 1.54) is 4.57 Å². The van der Waals surface area contributed by atoms with E-state index in [1.807, 2.05) is 27.7 Å². The van der Waals surface area contributed by atoms with Crippen LogP contribution in [-0.4, -0.2) is 42.5 Å². The van der Waals surface area contributed by atoms with Gasteiger partial charge in [-0.05, 0) is 64.8 Å². The summed E-state index contributed by atoms with van der Waals surface area (Å²) in [7, 11) is 0. The van der Waals surface area contributed by atoms with Gasteiger partial charge in [0.2, 0.25) is 0 Å². The fourth-order valence-electron chi connectivity index (χ4n) is 4.17. The number of halogens is 1. The lowest BCUT2D eigenvalue weighted by Gasteiger charge is -2.34. The highest BCUT2D eigenvalue weighted by molar-refractivity contribution is 5.70. The van der Waals surface area contributed by atoms with Gasteiger partial charge in [0.25, 0.3) is 0 Å². The van der Waals surface area contributed by atoms with Crippen molar-refractivity contribution in [2.75, 3.05) is 6.54 Å². The van der Waals surface area contributed by atoms with Gasteiger partial charge in [0.1, 0.15) is 17.2 Å². The lowest BCUT2D eigenvalue weighted by Crippen LogP contribution is -2.42. The molecule has 1 aliphatic rings. The normalized spacial score (nSPS) is 16.2. The van der Waals surface area contributed by atoms with E-state index in [0.29, 0.717) is 35.6 Å². The van der Waals surface area contributed by atoms with Crippen molar-refractivity contribution in [3.63, 3.8) is 0 Å². The molecule has 32 heavy (non-hydrogen) atoms. The Labute approximate surface area is 185 Å². The summed E-state index contributed by atoms with van der Waals surface area (Å²) in [6, 6.07) is 3.04. The number of carbonyl (C=O) groups excluding carboxylic acids is 1. The van der Waals surface area contributed by atoms with Crippen LogP contribution >= 0.6 is 0 Å². The lowest BCUT2D eigenvalue weighted by molar-refractivity contribution is 0.0159. The maximum absolute atomic E-state index is 14.3. The predicted molar refractivity (Wildman–Crippen MR) is 118 cm³/mol. The summed E-state index contributed by atoms with van der Waals surface area (Å²) >= 11 is 0. The summed E-state index contributed by atoms with van der Waals surface area (Å²) in [5, 5.41) is 4.79. The van der Waals surface area contributed by atoms with Gasteiger partial charge in [0, 0.05) is 30.9 Å². The van der Waals surface area contributed by atoms with Gasteiger partial charge in [-0.15, -0.1) is 0 Å². The number of aromatic nitrogens is 4. The minimum atomic E-state index is -0.620. The molecule has 9 heteroatoms. The third-order valence-electron chi connectivity index (χ3n) is 5.62. The van der Waals surface area contributed by atoms with Crippen LogP contribution in [-0.2, 0) is 11.2 Å². The number of fused-ring (bicyclic) bond motifs is 1. The zero-order valence-corrected chi connectivity index (χ0v) is 19.2. The number of carbonyl (C=O) groups is 1. The van der Waals surface area contributed by atoms with Gasteiger partial charge in [-0.2, -0.15) is 5.10 Å². The molecule has 1 amide bonds. The van der Waals surface area contributed by atoms with E-state index in [2.05, 4.69) is 4.98 Å². The van der Waals surface area contributed by atoms with E-state index in [9.17, 15) is 14.0 Å². The number of nitrogens with zero attached hydrogens (tertiary/aromatic N) is 4. The molecular formula is C23H28FN5O3. The molecule has 0 spiro atoms. The first-order valence-electron chi connectivity index (χ1n) is 10.6. The average molecular weight is 442 g/mol. The number of H-pyrrole nitrogens is 1. The van der Waals surface area contributed by atoms with Gasteiger partial charge in [-0.1, -0.05) is 0 Å². The van der Waals surface area contributed by atoms with Crippen LogP contribution in [0.2, 0.25) is 0 Å². The molecule has 8 nitrogen and oxygen atoms in total. The van der Waals surface area contributed by atoms with Crippen LogP contribution in [0.25, 0.3) is 11.5 Å². The molecule has 0 fully saturated rings. The third-order valence-corrected chi connectivity index (χ3v) is 5.62. The molecule has 0 radical (unpaired) electrons. The Hall–Kier alpha value is -3.36. The molecule has 3 heterocycles. The quantitative estimate of drug-likeness (QED) is 0.652. The smallest absolute Gasteiger partial charge is 0.410 e. The number of hydrogen-bond acceptors (Lipinski definition) is 4. The van der Waals surface area contributed by atoms with Crippen LogP contribution in [0.3, 0.4) is 0 Å². The number of nitrogens with one attached hydrogen (secondary N) is 1. The number of aryl methyl sites for hydroxylation is 2. The number of ether oxygens (including phenoxy) is 1. The summed E-state index contributed by atoms with van der Waals surface area (Å²) in [6.45, 7) is 11.2. The Kier molecular flexibility index (Phi) is 5.22. The second kappa shape index (κ2) is 7.65. The monoisotopic (exact) mass is 441 g/mol. The number of imidazole rings is 1. The third kappa shape index (κ3) is 3.72. The van der Waals surface area contributed by atoms with Gasteiger partial charge in [-0.25, -0.2) is 18.7 Å². The van der Waals surface area contributed by atoms with Crippen molar-refractivity contribution in [1.29, 1.82) is 0 Å². The largest absolute Gasteiger partial charge is 0.444 e. The lowest BCUT2D eigenvalue weighted by atomic mass is 10.00. The molecule has 0 saturated heterocycles. The first-order chi connectivity index (χ1) is 15.0. The van der Waals surface area contributed by atoms with E-state index in [0.717, 1.165) is 11.3 Å². The fraction of sp³-hybridized carbons (Fsp3) is 0.435. The molecule has 0 aliphatic carbocycles. The molecular weight excluding hydrogens is 413 g/mol. The fourth-order valence-corrected chi connectivity index (χ4v) is 4.17. The van der Waals surface area contributed by atoms with Gasteiger partial charge in [0.05, 0.1) is 17.4 Å².